The van der Waals surface area contributed by atoms with E-state index >= 15 is 0 Å². The summed E-state index contributed by atoms with van der Waals surface area (Å²) in [5, 5.41) is 0.768. The van der Waals surface area contributed by atoms with Crippen molar-refractivity contribution in [3.63, 3.8) is 0 Å². The summed E-state index contributed by atoms with van der Waals surface area (Å²) >= 11 is 1.49. The summed E-state index contributed by atoms with van der Waals surface area (Å²) in [7, 11) is 1.59. The topological polar surface area (TPSA) is 33.2 Å². The molecule has 3 nitrogen and oxygen atoms in total. The number of amides is 1. The first-order valence-electron chi connectivity index (χ1n) is 7.05. The van der Waals surface area contributed by atoms with Crippen molar-refractivity contribution in [3.05, 3.63) is 64.7 Å². The van der Waals surface area contributed by atoms with Crippen LogP contribution in [-0.2, 0) is 0 Å². The second-order valence-electron chi connectivity index (χ2n) is 5.24. The summed E-state index contributed by atoms with van der Waals surface area (Å²) in [4.78, 5) is 18.4. The molecule has 0 N–H and O–H groups in total. The van der Waals surface area contributed by atoms with Gasteiger partial charge in [-0.05, 0) is 31.2 Å². The minimum absolute atomic E-state index is 0.151. The van der Waals surface area contributed by atoms with Crippen LogP contribution in [-0.4, -0.2) is 22.8 Å². The van der Waals surface area contributed by atoms with Crippen LogP contribution in [0.25, 0.3) is 10.2 Å². The van der Waals surface area contributed by atoms with E-state index in [0.717, 1.165) is 27.4 Å². The molecule has 2 aromatic carbocycles. The maximum Gasteiger partial charge on any atom is 0.257 e. The van der Waals surface area contributed by atoms with Crippen LogP contribution in [0.15, 0.2) is 42.5 Å². The number of hydrogen-bond donors (Lipinski definition) is 0. The molecule has 0 aliphatic carbocycles. The lowest BCUT2D eigenvalue weighted by atomic mass is 10.1. The van der Waals surface area contributed by atoms with E-state index in [1.54, 1.807) is 7.05 Å². The molecule has 0 bridgehead atoms. The van der Waals surface area contributed by atoms with Crippen LogP contribution in [0.1, 0.15) is 28.3 Å². The number of aromatic nitrogens is 1. The molecule has 6 heteroatoms. The monoisotopic (exact) mass is 332 g/mol. The zero-order valence-corrected chi connectivity index (χ0v) is 13.4. The minimum atomic E-state index is -0.863. The van der Waals surface area contributed by atoms with Gasteiger partial charge in [0.15, 0.2) is 0 Å². The smallest absolute Gasteiger partial charge is 0.257 e. The molecule has 23 heavy (non-hydrogen) atoms. The Morgan fingerprint density at radius 1 is 1.22 bits per heavy atom. The fourth-order valence-electron chi connectivity index (χ4n) is 2.26. The Morgan fingerprint density at radius 3 is 2.65 bits per heavy atom. The van der Waals surface area contributed by atoms with Crippen molar-refractivity contribution in [1.82, 2.24) is 9.88 Å². The van der Waals surface area contributed by atoms with Gasteiger partial charge in [-0.1, -0.05) is 12.1 Å². The Kier molecular flexibility index (Phi) is 4.09. The Balaban J connectivity index is 1.89. The molecule has 0 radical (unpaired) electrons. The zero-order chi connectivity index (χ0) is 16.6. The van der Waals surface area contributed by atoms with Crippen molar-refractivity contribution >= 4 is 27.5 Å². The van der Waals surface area contributed by atoms with E-state index < -0.39 is 17.5 Å². The maximum absolute atomic E-state index is 13.8. The van der Waals surface area contributed by atoms with Crippen LogP contribution in [0, 0.1) is 11.6 Å². The molecule has 1 heterocycles. The average Bonchev–Trinajstić information content (AvgIpc) is 2.97. The quantitative estimate of drug-likeness (QED) is 0.712. The molecule has 1 amide bonds. The molecule has 0 spiro atoms. The first kappa shape index (κ1) is 15.6. The fourth-order valence-corrected chi connectivity index (χ4v) is 3.33. The number of hydrogen-bond acceptors (Lipinski definition) is 3. The number of benzene rings is 2. The Hall–Kier alpha value is -2.34. The summed E-state index contributed by atoms with van der Waals surface area (Å²) in [6.07, 6.45) is 0. The maximum atomic E-state index is 13.8. The number of fused-ring (bicyclic) bond motifs is 1. The first-order valence-corrected chi connectivity index (χ1v) is 7.86. The summed E-state index contributed by atoms with van der Waals surface area (Å²) in [6.45, 7) is 1.83. The van der Waals surface area contributed by atoms with Gasteiger partial charge in [0.1, 0.15) is 16.6 Å². The third kappa shape index (κ3) is 2.94. The van der Waals surface area contributed by atoms with E-state index in [2.05, 4.69) is 4.98 Å². The number of rotatable bonds is 3. The molecule has 0 aliphatic heterocycles. The van der Waals surface area contributed by atoms with E-state index in [1.807, 2.05) is 31.2 Å². The Bertz CT molecular complexity index is 845. The first-order chi connectivity index (χ1) is 11.0. The Morgan fingerprint density at radius 2 is 1.96 bits per heavy atom. The lowest BCUT2D eigenvalue weighted by Crippen LogP contribution is -2.30. The predicted octanol–water partition coefficient (Wildman–Crippen LogP) is 4.41. The van der Waals surface area contributed by atoms with Crippen molar-refractivity contribution in [1.29, 1.82) is 0 Å². The van der Waals surface area contributed by atoms with E-state index in [0.29, 0.717) is 6.07 Å². The lowest BCUT2D eigenvalue weighted by Gasteiger charge is -2.23. The number of carbonyl (C=O) groups excluding carboxylic acids is 1. The molecule has 0 unspecified atom stereocenters. The van der Waals surface area contributed by atoms with Crippen molar-refractivity contribution in [2.75, 3.05) is 7.05 Å². The highest BCUT2D eigenvalue weighted by Gasteiger charge is 2.24. The van der Waals surface area contributed by atoms with Gasteiger partial charge in [0.25, 0.3) is 5.91 Å². The molecule has 1 aromatic heterocycles. The van der Waals surface area contributed by atoms with Gasteiger partial charge in [0, 0.05) is 13.1 Å². The summed E-state index contributed by atoms with van der Waals surface area (Å²) < 4.78 is 27.8. The van der Waals surface area contributed by atoms with Crippen LogP contribution in [0.5, 0.6) is 0 Å². The third-order valence-electron chi connectivity index (χ3n) is 3.73. The van der Waals surface area contributed by atoms with Gasteiger partial charge in [-0.2, -0.15) is 0 Å². The minimum Gasteiger partial charge on any atom is -0.332 e. The largest absolute Gasteiger partial charge is 0.332 e. The SMILES string of the molecule is C[C@H](c1nc2ccccc2s1)N(C)C(=O)c1ccc(F)cc1F. The van der Waals surface area contributed by atoms with Gasteiger partial charge in [-0.3, -0.25) is 4.79 Å². The van der Waals surface area contributed by atoms with Crippen molar-refractivity contribution in [3.8, 4) is 0 Å². The number of thiazole rings is 1. The van der Waals surface area contributed by atoms with E-state index in [4.69, 9.17) is 0 Å². The molecule has 3 aromatic rings. The second kappa shape index (κ2) is 6.04. The van der Waals surface area contributed by atoms with Crippen LogP contribution in [0.4, 0.5) is 8.78 Å². The molecule has 0 fully saturated rings. The molecule has 0 saturated carbocycles. The number of carbonyl (C=O) groups is 1. The van der Waals surface area contributed by atoms with Gasteiger partial charge in [0.05, 0.1) is 21.8 Å². The summed E-state index contributed by atoms with van der Waals surface area (Å²) in [6, 6.07) is 10.3. The van der Waals surface area contributed by atoms with Crippen LogP contribution < -0.4 is 0 Å². The molecular formula is C17H14F2N2OS. The van der Waals surface area contributed by atoms with Crippen LogP contribution >= 0.6 is 11.3 Å². The lowest BCUT2D eigenvalue weighted by molar-refractivity contribution is 0.0737. The van der Waals surface area contributed by atoms with Gasteiger partial charge >= 0.3 is 0 Å². The highest BCUT2D eigenvalue weighted by Crippen LogP contribution is 2.29. The Labute approximate surface area is 136 Å². The highest BCUT2D eigenvalue weighted by molar-refractivity contribution is 7.18. The van der Waals surface area contributed by atoms with Crippen molar-refractivity contribution in [2.24, 2.45) is 0 Å². The predicted molar refractivity (Wildman–Crippen MR) is 86.5 cm³/mol. The molecule has 0 saturated heterocycles. The van der Waals surface area contributed by atoms with Gasteiger partial charge in [-0.25, -0.2) is 13.8 Å². The van der Waals surface area contributed by atoms with Gasteiger partial charge < -0.3 is 4.90 Å². The van der Waals surface area contributed by atoms with Crippen molar-refractivity contribution < 1.29 is 13.6 Å². The van der Waals surface area contributed by atoms with E-state index in [-0.39, 0.29) is 11.6 Å². The number of halogens is 2. The molecule has 118 valence electrons. The van der Waals surface area contributed by atoms with E-state index in [1.165, 1.54) is 16.2 Å². The van der Waals surface area contributed by atoms with Gasteiger partial charge in [-0.15, -0.1) is 11.3 Å². The molecule has 1 atom stereocenters. The highest BCUT2D eigenvalue weighted by atomic mass is 32.1. The van der Waals surface area contributed by atoms with E-state index in [9.17, 15) is 13.6 Å². The van der Waals surface area contributed by atoms with Crippen molar-refractivity contribution in [2.45, 2.75) is 13.0 Å². The number of nitrogens with zero attached hydrogens (tertiary/aromatic N) is 2. The summed E-state index contributed by atoms with van der Waals surface area (Å²) in [5.74, 6) is -2.08. The normalized spacial score (nSPS) is 12.3. The third-order valence-corrected chi connectivity index (χ3v) is 4.94. The fraction of sp³-hybridized carbons (Fsp3) is 0.176. The standard InChI is InChI=1S/C17H14F2N2OS/c1-10(16-20-14-5-3-4-6-15(14)23-16)21(2)17(22)12-8-7-11(18)9-13(12)19/h3-10H,1-2H3/t10-/m1/s1. The second-order valence-corrected chi connectivity index (χ2v) is 6.30. The van der Waals surface area contributed by atoms with Crippen LogP contribution in [0.2, 0.25) is 0 Å². The molecule has 3 rings (SSSR count). The number of para-hydroxylation sites is 1. The average molecular weight is 332 g/mol. The molecular weight excluding hydrogens is 318 g/mol. The van der Waals surface area contributed by atoms with Gasteiger partial charge in [0.2, 0.25) is 0 Å². The zero-order valence-electron chi connectivity index (χ0n) is 12.6. The molecule has 0 aliphatic rings. The summed E-state index contributed by atoms with van der Waals surface area (Å²) in [5.41, 5.74) is 0.718. The van der Waals surface area contributed by atoms with Crippen LogP contribution in [0.3, 0.4) is 0 Å².